The van der Waals surface area contributed by atoms with Crippen LogP contribution in [0.15, 0.2) is 146 Å². The molecule has 0 bridgehead atoms. The fourth-order valence-corrected chi connectivity index (χ4v) is 16.9. The molecule has 0 aliphatic carbocycles. The van der Waals surface area contributed by atoms with Crippen molar-refractivity contribution < 1.29 is 75.8 Å². The van der Waals surface area contributed by atoms with Crippen LogP contribution in [0.4, 0.5) is 0 Å². The van der Waals surface area contributed by atoms with Gasteiger partial charge in [0, 0.05) is 19.3 Å². The number of aliphatic hydroxyl groups is 2. The van der Waals surface area contributed by atoms with E-state index >= 15 is 0 Å². The van der Waals surface area contributed by atoms with Crippen molar-refractivity contribution in [2.75, 3.05) is 39.6 Å². The van der Waals surface area contributed by atoms with Gasteiger partial charge in [-0.25, -0.2) is 9.13 Å². The van der Waals surface area contributed by atoms with Crippen molar-refractivity contribution in [1.82, 2.24) is 0 Å². The van der Waals surface area contributed by atoms with Gasteiger partial charge in [-0.2, -0.15) is 0 Å². The van der Waals surface area contributed by atoms with Gasteiger partial charge >= 0.3 is 33.6 Å². The zero-order chi connectivity index (χ0) is 95.0. The number of allylic oxidation sites excluding steroid dienone is 24. The lowest BCUT2D eigenvalue weighted by Crippen LogP contribution is -2.30. The van der Waals surface area contributed by atoms with Crippen molar-refractivity contribution in [3.05, 3.63) is 146 Å². The average Bonchev–Trinajstić information content (AvgIpc) is 0.899. The molecule has 5 unspecified atom stereocenters. The topological polar surface area (TPSA) is 231 Å². The number of aliphatic hydroxyl groups excluding tert-OH is 2. The smallest absolute Gasteiger partial charge is 0.463 e. The van der Waals surface area contributed by atoms with Crippen molar-refractivity contribution in [2.45, 2.75) is 514 Å². The standard InChI is InChI=1S/C113H200O16P2/c1-4-7-10-13-16-19-22-25-28-31-34-37-40-43-46-49-51-53-55-58-60-63-66-69-72-75-78-81-84-87-90-93-96-99-111(116)123-102-108(114)103-125-130(119,120)126-104-109(115)105-127-131(121,122)128-107-110(129-113(118)101-98-95-92-89-86-83-80-77-74-71-68-65-62-57-48-45-42-39-36-33-30-27-24-21-18-15-12-9-6-3)106-124-112(117)100-97-94-91-88-85-82-79-76-73-70-67-64-61-59-56-54-52-50-47-44-41-38-35-32-29-26-23-20-17-14-11-8-5-2/h16-21,25-30,34-39,43-48,108-110,114-115H,4-15,22-24,31-33,40-42,49-107H2,1-3H3,(H,119,120)(H,121,122)/b19-16-,20-17-,21-18-,28-25-,29-26-,30-27-,37-34-,38-35-,39-36-,46-43-,47-44-,48-45-. The lowest BCUT2D eigenvalue weighted by Gasteiger charge is -2.21. The number of ether oxygens (including phenoxy) is 3. The van der Waals surface area contributed by atoms with Crippen LogP contribution >= 0.6 is 15.6 Å². The van der Waals surface area contributed by atoms with E-state index in [1.54, 1.807) is 0 Å². The van der Waals surface area contributed by atoms with Gasteiger partial charge in [-0.15, -0.1) is 0 Å². The molecule has 0 aromatic carbocycles. The molecule has 0 spiro atoms. The molecule has 0 aliphatic rings. The molecule has 0 aromatic rings. The first-order chi connectivity index (χ1) is 64.2. The van der Waals surface area contributed by atoms with Crippen LogP contribution in [-0.4, -0.2) is 95.9 Å². The predicted molar refractivity (Wildman–Crippen MR) is 556 cm³/mol. The average molecular weight is 1880 g/mol. The van der Waals surface area contributed by atoms with Crippen LogP contribution in [0.2, 0.25) is 0 Å². The number of hydrogen-bond donors (Lipinski definition) is 4. The lowest BCUT2D eigenvalue weighted by molar-refractivity contribution is -0.161. The third-order valence-electron chi connectivity index (χ3n) is 23.5. The molecular weight excluding hydrogens is 1680 g/mol. The van der Waals surface area contributed by atoms with Crippen molar-refractivity contribution in [1.29, 1.82) is 0 Å². The Balaban J connectivity index is 4.59. The minimum absolute atomic E-state index is 0.103. The second kappa shape index (κ2) is 104. The lowest BCUT2D eigenvalue weighted by atomic mass is 10.0. The summed E-state index contributed by atoms with van der Waals surface area (Å²) in [7, 11) is -9.82. The Morgan fingerprint density at radius 1 is 0.214 bits per heavy atom. The number of carbonyl (C=O) groups is 3. The first-order valence-corrected chi connectivity index (χ1v) is 57.1. The molecule has 4 N–H and O–H groups in total. The zero-order valence-electron chi connectivity index (χ0n) is 84.2. The summed E-state index contributed by atoms with van der Waals surface area (Å²) in [6.07, 6.45) is 135. The number of hydrogen-bond acceptors (Lipinski definition) is 14. The summed E-state index contributed by atoms with van der Waals surface area (Å²) in [6.45, 7) is 2.70. The highest BCUT2D eigenvalue weighted by molar-refractivity contribution is 7.47. The summed E-state index contributed by atoms with van der Waals surface area (Å²) in [5.41, 5.74) is 0. The second-order valence-corrected chi connectivity index (χ2v) is 39.3. The monoisotopic (exact) mass is 1880 g/mol. The Morgan fingerprint density at radius 2 is 0.382 bits per heavy atom. The van der Waals surface area contributed by atoms with Gasteiger partial charge in [0.15, 0.2) is 6.10 Å². The maximum atomic E-state index is 13.2. The first-order valence-electron chi connectivity index (χ1n) is 54.1. The van der Waals surface area contributed by atoms with Crippen LogP contribution in [0.3, 0.4) is 0 Å². The largest absolute Gasteiger partial charge is 0.472 e. The summed E-state index contributed by atoms with van der Waals surface area (Å²) in [5, 5.41) is 20.8. The third-order valence-corrected chi connectivity index (χ3v) is 25.4. The van der Waals surface area contributed by atoms with E-state index in [0.717, 1.165) is 128 Å². The Hall–Kier alpha value is -4.57. The van der Waals surface area contributed by atoms with Crippen molar-refractivity contribution >= 4 is 33.6 Å². The summed E-state index contributed by atoms with van der Waals surface area (Å²) in [5.74, 6) is -1.55. The molecule has 0 aliphatic heterocycles. The number of carbonyl (C=O) groups excluding carboxylic acids is 3. The van der Waals surface area contributed by atoms with E-state index < -0.39 is 91.5 Å². The summed E-state index contributed by atoms with van der Waals surface area (Å²) < 4.78 is 61.8. The molecule has 5 atom stereocenters. The van der Waals surface area contributed by atoms with Crippen LogP contribution in [0.25, 0.3) is 0 Å². The SMILES string of the molecule is CCCCC/C=C\C/C=C\C/C=C\C/C=C\CCCCCCCCCCCCCCCCCCCC(=O)OCC(O)COP(=O)(O)OCC(O)COP(=O)(O)OCC(COC(=O)CCCCCCCCCCCCCCCCCCC/C=C\C/C=C\C/C=C\C/C=C\CCCCC)OC(=O)CCCCCCCCCCCCCCC/C=C\C/C=C\C/C=C\C/C=C\CCCCC. The van der Waals surface area contributed by atoms with Crippen molar-refractivity contribution in [2.24, 2.45) is 0 Å². The maximum Gasteiger partial charge on any atom is 0.472 e. The van der Waals surface area contributed by atoms with E-state index in [1.807, 2.05) is 0 Å². The van der Waals surface area contributed by atoms with Gasteiger partial charge in [-0.1, -0.05) is 468 Å². The molecule has 16 nitrogen and oxygen atoms in total. The Bertz CT molecular complexity index is 2960. The quantitative estimate of drug-likeness (QED) is 0.0146. The molecule has 18 heteroatoms. The minimum atomic E-state index is -4.95. The van der Waals surface area contributed by atoms with Gasteiger partial charge in [-0.05, 0) is 154 Å². The van der Waals surface area contributed by atoms with Crippen LogP contribution < -0.4 is 0 Å². The molecule has 0 amide bonds. The maximum absolute atomic E-state index is 13.2. The van der Waals surface area contributed by atoms with E-state index in [2.05, 4.69) is 167 Å². The molecule has 0 rings (SSSR count). The molecule has 758 valence electrons. The number of rotatable bonds is 103. The molecular formula is C113H200O16P2. The normalized spacial score (nSPS) is 14.2. The molecule has 0 fully saturated rings. The molecule has 0 heterocycles. The van der Waals surface area contributed by atoms with Gasteiger partial charge < -0.3 is 34.2 Å². The molecule has 0 aromatic heterocycles. The second-order valence-electron chi connectivity index (χ2n) is 36.4. The fourth-order valence-electron chi connectivity index (χ4n) is 15.3. The highest BCUT2D eigenvalue weighted by Crippen LogP contribution is 2.45. The number of phosphoric acid groups is 2. The third kappa shape index (κ3) is 106. The van der Waals surface area contributed by atoms with E-state index in [1.165, 1.54) is 308 Å². The van der Waals surface area contributed by atoms with Gasteiger partial charge in [0.25, 0.3) is 0 Å². The van der Waals surface area contributed by atoms with E-state index in [4.69, 9.17) is 32.3 Å². The van der Waals surface area contributed by atoms with Gasteiger partial charge in [0.1, 0.15) is 25.4 Å². The Labute approximate surface area is 804 Å². The van der Waals surface area contributed by atoms with E-state index in [0.29, 0.717) is 19.3 Å². The highest BCUT2D eigenvalue weighted by atomic mass is 31.2. The van der Waals surface area contributed by atoms with Gasteiger partial charge in [-0.3, -0.25) is 32.5 Å². The van der Waals surface area contributed by atoms with Crippen LogP contribution in [0.5, 0.6) is 0 Å². The minimum Gasteiger partial charge on any atom is -0.463 e. The summed E-state index contributed by atoms with van der Waals surface area (Å²) in [6, 6.07) is 0. The predicted octanol–water partition coefficient (Wildman–Crippen LogP) is 34.6. The molecule has 0 saturated carbocycles. The van der Waals surface area contributed by atoms with E-state index in [-0.39, 0.29) is 19.3 Å². The van der Waals surface area contributed by atoms with Gasteiger partial charge in [0.05, 0.1) is 26.4 Å². The fraction of sp³-hybridized carbons (Fsp3) is 0.761. The Kier molecular flexibility index (Phi) is 101. The molecule has 0 radical (unpaired) electrons. The number of unbranched alkanes of at least 4 members (excludes halogenated alkanes) is 56. The Morgan fingerprint density at radius 3 is 0.603 bits per heavy atom. The van der Waals surface area contributed by atoms with Crippen LogP contribution in [0.1, 0.15) is 496 Å². The highest BCUT2D eigenvalue weighted by Gasteiger charge is 2.30. The van der Waals surface area contributed by atoms with Crippen molar-refractivity contribution in [3.63, 3.8) is 0 Å². The molecule has 0 saturated heterocycles. The number of phosphoric ester groups is 2. The zero-order valence-corrected chi connectivity index (χ0v) is 86.0. The van der Waals surface area contributed by atoms with Crippen LogP contribution in [-0.2, 0) is 55.8 Å². The summed E-state index contributed by atoms with van der Waals surface area (Å²) in [4.78, 5) is 59.3. The van der Waals surface area contributed by atoms with Crippen molar-refractivity contribution in [3.8, 4) is 0 Å². The summed E-state index contributed by atoms with van der Waals surface area (Å²) >= 11 is 0. The number of esters is 3. The first kappa shape index (κ1) is 126. The van der Waals surface area contributed by atoms with Gasteiger partial charge in [0.2, 0.25) is 0 Å². The van der Waals surface area contributed by atoms with E-state index in [9.17, 15) is 43.5 Å². The molecule has 131 heavy (non-hydrogen) atoms. The van der Waals surface area contributed by atoms with Crippen LogP contribution in [0, 0.1) is 0 Å².